The third-order valence-corrected chi connectivity index (χ3v) is 4.51. The second kappa shape index (κ2) is 8.07. The van der Waals surface area contributed by atoms with Gasteiger partial charge in [0, 0.05) is 37.4 Å². The van der Waals surface area contributed by atoms with Crippen molar-refractivity contribution in [1.82, 2.24) is 14.9 Å². The summed E-state index contributed by atoms with van der Waals surface area (Å²) in [6, 6.07) is 9.14. The predicted octanol–water partition coefficient (Wildman–Crippen LogP) is 2.76. The Morgan fingerprint density at radius 3 is 2.80 bits per heavy atom. The van der Waals surface area contributed by atoms with Crippen LogP contribution < -0.4 is 5.73 Å². The van der Waals surface area contributed by atoms with Crippen molar-refractivity contribution < 1.29 is 9.53 Å². The van der Waals surface area contributed by atoms with E-state index >= 15 is 0 Å². The van der Waals surface area contributed by atoms with Gasteiger partial charge in [-0.2, -0.15) is 0 Å². The van der Waals surface area contributed by atoms with Crippen molar-refractivity contribution in [3.63, 3.8) is 0 Å². The van der Waals surface area contributed by atoms with Crippen LogP contribution in [0, 0.1) is 0 Å². The van der Waals surface area contributed by atoms with Crippen molar-refractivity contribution in [2.45, 2.75) is 31.8 Å². The Bertz CT molecular complexity index is 712. The van der Waals surface area contributed by atoms with Gasteiger partial charge in [-0.25, -0.2) is 9.97 Å². The number of carbonyl (C=O) groups is 1. The number of nitrogens with zero attached hydrogens (tertiary/aromatic N) is 3. The van der Waals surface area contributed by atoms with Crippen molar-refractivity contribution in [2.75, 3.05) is 25.9 Å². The van der Waals surface area contributed by atoms with Gasteiger partial charge in [0.2, 0.25) is 0 Å². The number of nitrogens with two attached hydrogens (primary N) is 1. The van der Waals surface area contributed by atoms with Gasteiger partial charge in [0.15, 0.2) is 0 Å². The molecule has 0 bridgehead atoms. The van der Waals surface area contributed by atoms with Gasteiger partial charge < -0.3 is 15.4 Å². The number of carbonyl (C=O) groups excluding carboxylic acids is 1. The second-order valence-corrected chi connectivity index (χ2v) is 6.41. The molecule has 1 amide bonds. The van der Waals surface area contributed by atoms with E-state index in [1.54, 1.807) is 11.0 Å². The van der Waals surface area contributed by atoms with Crippen molar-refractivity contribution in [3.8, 4) is 11.3 Å². The van der Waals surface area contributed by atoms with E-state index in [0.29, 0.717) is 17.5 Å². The number of anilines is 1. The minimum Gasteiger partial charge on any atom is -0.384 e. The summed E-state index contributed by atoms with van der Waals surface area (Å²) in [5.41, 5.74) is 8.01. The van der Waals surface area contributed by atoms with E-state index < -0.39 is 0 Å². The second-order valence-electron chi connectivity index (χ2n) is 6.41. The van der Waals surface area contributed by atoms with Gasteiger partial charge in [0.25, 0.3) is 5.91 Å². The maximum atomic E-state index is 12.5. The maximum absolute atomic E-state index is 12.5. The third kappa shape index (κ3) is 4.54. The molecule has 0 spiro atoms. The van der Waals surface area contributed by atoms with Gasteiger partial charge in [-0.3, -0.25) is 4.79 Å². The Hall–Kier alpha value is -2.47. The summed E-state index contributed by atoms with van der Waals surface area (Å²) in [4.78, 5) is 22.4. The van der Waals surface area contributed by atoms with Gasteiger partial charge in [-0.05, 0) is 37.8 Å². The monoisotopic (exact) mass is 340 g/mol. The highest BCUT2D eigenvalue weighted by atomic mass is 16.5. The molecule has 1 atom stereocenters. The molecule has 1 fully saturated rings. The van der Waals surface area contributed by atoms with Crippen LogP contribution in [0.3, 0.4) is 0 Å². The van der Waals surface area contributed by atoms with Crippen LogP contribution in [-0.2, 0) is 4.74 Å². The predicted molar refractivity (Wildman–Crippen MR) is 97.0 cm³/mol. The van der Waals surface area contributed by atoms with E-state index in [1.807, 2.05) is 31.3 Å². The number of amides is 1. The molecular weight excluding hydrogens is 316 g/mol. The Morgan fingerprint density at radius 2 is 2.12 bits per heavy atom. The molecular formula is C19H24N4O2. The molecule has 1 saturated heterocycles. The lowest BCUT2D eigenvalue weighted by Gasteiger charge is -2.18. The minimum absolute atomic E-state index is 0.0288. The number of ether oxygens (including phenoxy) is 1. The number of hydrogen-bond acceptors (Lipinski definition) is 5. The average molecular weight is 340 g/mol. The van der Waals surface area contributed by atoms with E-state index in [0.717, 1.165) is 50.1 Å². The minimum atomic E-state index is 0.0288. The molecule has 1 aliphatic rings. The summed E-state index contributed by atoms with van der Waals surface area (Å²) in [5.74, 6) is 0.456. The first-order chi connectivity index (χ1) is 12.1. The van der Waals surface area contributed by atoms with Crippen LogP contribution in [0.15, 0.2) is 36.7 Å². The SMILES string of the molecule is CN(CCCC1CCCO1)C(=O)c1ccc(-c2cc(N)ncn2)cc1. The Kier molecular flexibility index (Phi) is 5.60. The summed E-state index contributed by atoms with van der Waals surface area (Å²) in [6.07, 6.45) is 6.10. The molecule has 6 nitrogen and oxygen atoms in total. The lowest BCUT2D eigenvalue weighted by molar-refractivity contribution is 0.0763. The Labute approximate surface area is 148 Å². The van der Waals surface area contributed by atoms with Crippen molar-refractivity contribution >= 4 is 11.7 Å². The Balaban J connectivity index is 1.56. The van der Waals surface area contributed by atoms with Crippen LogP contribution in [0.2, 0.25) is 0 Å². The number of nitrogen functional groups attached to an aromatic ring is 1. The van der Waals surface area contributed by atoms with E-state index in [4.69, 9.17) is 10.5 Å². The first kappa shape index (κ1) is 17.4. The van der Waals surface area contributed by atoms with Crippen LogP contribution in [0.4, 0.5) is 5.82 Å². The average Bonchev–Trinajstić information content (AvgIpc) is 3.14. The summed E-state index contributed by atoms with van der Waals surface area (Å²) in [5, 5.41) is 0. The molecule has 3 rings (SSSR count). The highest BCUT2D eigenvalue weighted by molar-refractivity contribution is 5.94. The normalized spacial score (nSPS) is 16.8. The zero-order chi connectivity index (χ0) is 17.6. The molecule has 2 aromatic rings. The molecule has 0 radical (unpaired) electrons. The lowest BCUT2D eigenvalue weighted by atomic mass is 10.1. The molecule has 1 aromatic heterocycles. The van der Waals surface area contributed by atoms with Crippen LogP contribution in [0.25, 0.3) is 11.3 Å². The standard InChI is InChI=1S/C19H24N4O2/c1-23(10-2-4-16-5-3-11-25-16)19(24)15-8-6-14(7-9-15)17-12-18(20)22-13-21-17/h6-9,12-13,16H,2-5,10-11H2,1H3,(H2,20,21,22). The van der Waals surface area contributed by atoms with Crippen LogP contribution in [0.1, 0.15) is 36.0 Å². The van der Waals surface area contributed by atoms with Crippen molar-refractivity contribution in [3.05, 3.63) is 42.2 Å². The topological polar surface area (TPSA) is 81.3 Å². The first-order valence-electron chi connectivity index (χ1n) is 8.68. The molecule has 132 valence electrons. The summed E-state index contributed by atoms with van der Waals surface area (Å²) in [7, 11) is 1.84. The van der Waals surface area contributed by atoms with Gasteiger partial charge in [-0.15, -0.1) is 0 Å². The van der Waals surface area contributed by atoms with Gasteiger partial charge in [0.1, 0.15) is 12.1 Å². The molecule has 0 saturated carbocycles. The van der Waals surface area contributed by atoms with Crippen LogP contribution in [0.5, 0.6) is 0 Å². The number of rotatable bonds is 6. The van der Waals surface area contributed by atoms with Gasteiger partial charge in [0.05, 0.1) is 11.8 Å². The van der Waals surface area contributed by atoms with E-state index in [9.17, 15) is 4.79 Å². The molecule has 1 aromatic carbocycles. The zero-order valence-electron chi connectivity index (χ0n) is 14.5. The summed E-state index contributed by atoms with van der Waals surface area (Å²) >= 11 is 0. The Morgan fingerprint density at radius 1 is 1.32 bits per heavy atom. The first-order valence-corrected chi connectivity index (χ1v) is 8.68. The number of benzene rings is 1. The highest BCUT2D eigenvalue weighted by Gasteiger charge is 2.16. The smallest absolute Gasteiger partial charge is 0.253 e. The molecule has 2 N–H and O–H groups in total. The van der Waals surface area contributed by atoms with E-state index in [2.05, 4.69) is 9.97 Å². The molecule has 25 heavy (non-hydrogen) atoms. The maximum Gasteiger partial charge on any atom is 0.253 e. The molecule has 6 heteroatoms. The van der Waals surface area contributed by atoms with E-state index in [1.165, 1.54) is 6.33 Å². The lowest BCUT2D eigenvalue weighted by Crippen LogP contribution is -2.28. The fraction of sp³-hybridized carbons (Fsp3) is 0.421. The van der Waals surface area contributed by atoms with Crippen LogP contribution >= 0.6 is 0 Å². The van der Waals surface area contributed by atoms with Crippen LogP contribution in [-0.4, -0.2) is 47.1 Å². The fourth-order valence-electron chi connectivity index (χ4n) is 3.06. The highest BCUT2D eigenvalue weighted by Crippen LogP contribution is 2.20. The largest absolute Gasteiger partial charge is 0.384 e. The fourth-order valence-corrected chi connectivity index (χ4v) is 3.06. The van der Waals surface area contributed by atoms with Gasteiger partial charge in [-0.1, -0.05) is 12.1 Å². The van der Waals surface area contributed by atoms with Gasteiger partial charge >= 0.3 is 0 Å². The van der Waals surface area contributed by atoms with E-state index in [-0.39, 0.29) is 5.91 Å². The van der Waals surface area contributed by atoms with Crippen molar-refractivity contribution in [1.29, 1.82) is 0 Å². The van der Waals surface area contributed by atoms with Crippen molar-refractivity contribution in [2.24, 2.45) is 0 Å². The summed E-state index contributed by atoms with van der Waals surface area (Å²) < 4.78 is 5.62. The molecule has 2 heterocycles. The quantitative estimate of drug-likeness (QED) is 0.874. The molecule has 1 aliphatic heterocycles. The molecule has 1 unspecified atom stereocenters. The molecule has 0 aliphatic carbocycles. The third-order valence-electron chi connectivity index (χ3n) is 4.51. The summed E-state index contributed by atoms with van der Waals surface area (Å²) in [6.45, 7) is 1.62. The number of aromatic nitrogens is 2. The zero-order valence-corrected chi connectivity index (χ0v) is 14.5. The number of hydrogen-bond donors (Lipinski definition) is 1.